The zero-order valence-electron chi connectivity index (χ0n) is 39.6. The van der Waals surface area contributed by atoms with Crippen LogP contribution in [0.25, 0.3) is 0 Å². The van der Waals surface area contributed by atoms with Crippen LogP contribution in [0.1, 0.15) is 72.8 Å². The molecule has 1 aliphatic heterocycles. The van der Waals surface area contributed by atoms with E-state index in [0.29, 0.717) is 118 Å². The van der Waals surface area contributed by atoms with Crippen LogP contribution < -0.4 is 21.7 Å². The lowest BCUT2D eigenvalue weighted by atomic mass is 9.94. The number of nitrogens with two attached hydrogens (primary N) is 1. The molecule has 1 aromatic rings. The smallest absolute Gasteiger partial charge is 0.246 e. The SMILES string of the molecule is CC(C)CC(=O)NC(C)C(=O)Nc1ccc(CO)cc1.CCCOCCOCCOCCOCCOCCOCCOCCOCCNC(=O)CCN1C(=O)CC(C(C)C)C1=O.NC=O. The number of hydrogen-bond acceptors (Lipinski definition) is 15. The third kappa shape index (κ3) is 33.9. The summed E-state index contributed by atoms with van der Waals surface area (Å²) in [7, 11) is 0. The van der Waals surface area contributed by atoms with Crippen LogP contribution in [0.2, 0.25) is 0 Å². The molecule has 0 aliphatic carbocycles. The Morgan fingerprint density at radius 2 is 1.15 bits per heavy atom. The average Bonchev–Trinajstić information content (AvgIpc) is 3.56. The lowest BCUT2D eigenvalue weighted by molar-refractivity contribution is -0.140. The van der Waals surface area contributed by atoms with Crippen LogP contribution in [0.15, 0.2) is 24.3 Å². The van der Waals surface area contributed by atoms with Gasteiger partial charge in [-0.25, -0.2) is 0 Å². The van der Waals surface area contributed by atoms with Crippen molar-refractivity contribution < 1.29 is 71.8 Å². The minimum Gasteiger partial charge on any atom is -0.392 e. The Labute approximate surface area is 385 Å². The molecule has 0 bridgehead atoms. The number of aliphatic hydroxyl groups excluding tert-OH is 1. The van der Waals surface area contributed by atoms with E-state index in [1.807, 2.05) is 27.7 Å². The highest BCUT2D eigenvalue weighted by Crippen LogP contribution is 2.26. The van der Waals surface area contributed by atoms with Crippen molar-refractivity contribution in [3.05, 3.63) is 29.8 Å². The monoisotopic (exact) mass is 930 g/mol. The Bertz CT molecular complexity index is 1400. The first-order valence-corrected chi connectivity index (χ1v) is 22.5. The van der Waals surface area contributed by atoms with Gasteiger partial charge >= 0.3 is 0 Å². The van der Waals surface area contributed by atoms with Gasteiger partial charge in [-0.2, -0.15) is 0 Å². The summed E-state index contributed by atoms with van der Waals surface area (Å²) in [5.74, 6) is -0.888. The van der Waals surface area contributed by atoms with E-state index in [2.05, 4.69) is 28.6 Å². The van der Waals surface area contributed by atoms with Crippen molar-refractivity contribution in [3.8, 4) is 0 Å². The van der Waals surface area contributed by atoms with E-state index in [1.54, 1.807) is 31.2 Å². The normalized spacial score (nSPS) is 13.8. The summed E-state index contributed by atoms with van der Waals surface area (Å²) in [5.41, 5.74) is 5.58. The van der Waals surface area contributed by atoms with Gasteiger partial charge in [-0.15, -0.1) is 0 Å². The number of likely N-dealkylation sites (tertiary alicyclic amines) is 1. The van der Waals surface area contributed by atoms with Gasteiger partial charge in [0.05, 0.1) is 106 Å². The van der Waals surface area contributed by atoms with Crippen LogP contribution in [0, 0.1) is 17.8 Å². The molecule has 6 amide bonds. The third-order valence-corrected chi connectivity index (χ3v) is 8.94. The van der Waals surface area contributed by atoms with E-state index < -0.39 is 6.04 Å². The van der Waals surface area contributed by atoms with Gasteiger partial charge in [-0.05, 0) is 42.9 Å². The van der Waals surface area contributed by atoms with Crippen molar-refractivity contribution in [1.29, 1.82) is 0 Å². The first kappa shape index (κ1) is 60.9. The topological polar surface area (TPSA) is 262 Å². The number of carbonyl (C=O) groups excluding carboxylic acids is 6. The van der Waals surface area contributed by atoms with Gasteiger partial charge in [0.2, 0.25) is 35.9 Å². The molecular weight excluding hydrogens is 851 g/mol. The minimum atomic E-state index is -0.584. The van der Waals surface area contributed by atoms with E-state index >= 15 is 0 Å². The highest BCUT2D eigenvalue weighted by molar-refractivity contribution is 6.04. The molecule has 1 aliphatic rings. The van der Waals surface area contributed by atoms with Crippen molar-refractivity contribution in [2.24, 2.45) is 23.5 Å². The van der Waals surface area contributed by atoms with Crippen molar-refractivity contribution in [1.82, 2.24) is 15.5 Å². The molecule has 0 aromatic heterocycles. The quantitative estimate of drug-likeness (QED) is 0.0365. The van der Waals surface area contributed by atoms with E-state index in [4.69, 9.17) is 47.8 Å². The number of carbonyl (C=O) groups is 6. The van der Waals surface area contributed by atoms with Gasteiger partial charge < -0.3 is 64.7 Å². The number of nitrogens with one attached hydrogen (secondary N) is 3. The highest BCUT2D eigenvalue weighted by Gasteiger charge is 2.39. The Hall–Kier alpha value is -4.12. The maximum atomic E-state index is 12.3. The van der Waals surface area contributed by atoms with Gasteiger partial charge in [0, 0.05) is 50.6 Å². The fourth-order valence-corrected chi connectivity index (χ4v) is 5.50. The van der Waals surface area contributed by atoms with Gasteiger partial charge in [0.25, 0.3) is 0 Å². The van der Waals surface area contributed by atoms with Crippen LogP contribution in [0.4, 0.5) is 5.69 Å². The van der Waals surface area contributed by atoms with Crippen molar-refractivity contribution in [3.63, 3.8) is 0 Å². The zero-order chi connectivity index (χ0) is 48.5. The fraction of sp³-hybridized carbons (Fsp3) is 0.733. The average molecular weight is 930 g/mol. The molecule has 2 rings (SSSR count). The molecule has 374 valence electrons. The van der Waals surface area contributed by atoms with Crippen molar-refractivity contribution >= 4 is 41.6 Å². The number of aliphatic hydroxyl groups is 1. The molecule has 6 N–H and O–H groups in total. The van der Waals surface area contributed by atoms with Crippen LogP contribution in [-0.2, 0) is 73.3 Å². The number of benzene rings is 1. The maximum Gasteiger partial charge on any atom is 0.246 e. The predicted molar refractivity (Wildman–Crippen MR) is 242 cm³/mol. The van der Waals surface area contributed by atoms with E-state index in [-0.39, 0.29) is 79.7 Å². The summed E-state index contributed by atoms with van der Waals surface area (Å²) in [4.78, 5) is 69.5. The summed E-state index contributed by atoms with van der Waals surface area (Å²) in [6, 6.07) is 6.31. The van der Waals surface area contributed by atoms with Gasteiger partial charge in [0.15, 0.2) is 0 Å². The molecule has 20 heteroatoms. The molecule has 1 fully saturated rings. The van der Waals surface area contributed by atoms with Gasteiger partial charge in [-0.3, -0.25) is 33.7 Å². The molecule has 0 saturated carbocycles. The molecule has 20 nitrogen and oxygen atoms in total. The standard InChI is InChI=1S/C29H54N2O11.C15H22N2O3.CH3NO/c1-4-8-35-10-12-37-14-16-39-18-20-41-22-23-42-21-19-40-17-15-38-13-11-36-9-6-30-27(32)5-7-31-28(33)24-26(25(2)3)29(31)34;1-10(2)8-14(19)16-11(3)15(20)17-13-6-4-12(9-18)5-7-13;2-1-3/h25-26H,4-24H2,1-3H3,(H,30,32);4-7,10-11,18H,8-9H2,1-3H3,(H,16,19)(H,17,20);1H,(H2,2,3). The number of primary amides is 1. The number of amides is 6. The van der Waals surface area contributed by atoms with E-state index in [0.717, 1.165) is 18.6 Å². The van der Waals surface area contributed by atoms with Crippen molar-refractivity contribution in [2.45, 2.75) is 79.9 Å². The third-order valence-electron chi connectivity index (χ3n) is 8.94. The summed E-state index contributed by atoms with van der Waals surface area (Å²) in [5, 5.41) is 17.0. The molecular formula is C45H79N5O15. The lowest BCUT2D eigenvalue weighted by Crippen LogP contribution is -2.41. The number of anilines is 1. The van der Waals surface area contributed by atoms with Crippen LogP contribution in [-0.4, -0.2) is 171 Å². The highest BCUT2D eigenvalue weighted by atomic mass is 16.6. The second-order valence-electron chi connectivity index (χ2n) is 15.3. The largest absolute Gasteiger partial charge is 0.392 e. The van der Waals surface area contributed by atoms with Gasteiger partial charge in [-0.1, -0.05) is 46.8 Å². The summed E-state index contributed by atoms with van der Waals surface area (Å²) < 4.78 is 43.4. The fourth-order valence-electron chi connectivity index (χ4n) is 5.50. The number of imide groups is 1. The molecule has 0 spiro atoms. The molecule has 0 radical (unpaired) electrons. The Kier molecular flexibility index (Phi) is 38.7. The number of hydrogen-bond donors (Lipinski definition) is 5. The number of nitrogens with zero attached hydrogens (tertiary/aromatic N) is 1. The maximum absolute atomic E-state index is 12.3. The Morgan fingerprint density at radius 1 is 0.723 bits per heavy atom. The zero-order valence-corrected chi connectivity index (χ0v) is 39.6. The van der Waals surface area contributed by atoms with Crippen LogP contribution in [0.3, 0.4) is 0 Å². The molecule has 65 heavy (non-hydrogen) atoms. The summed E-state index contributed by atoms with van der Waals surface area (Å²) in [6.45, 7) is 20.1. The number of ether oxygens (including phenoxy) is 8. The first-order valence-electron chi connectivity index (χ1n) is 22.5. The molecule has 2 atom stereocenters. The summed E-state index contributed by atoms with van der Waals surface area (Å²) in [6.07, 6.45) is 1.99. The predicted octanol–water partition coefficient (Wildman–Crippen LogP) is 1.84. The van der Waals surface area contributed by atoms with Crippen molar-refractivity contribution in [2.75, 3.05) is 124 Å². The van der Waals surface area contributed by atoms with Crippen LogP contribution in [0.5, 0.6) is 0 Å². The summed E-state index contributed by atoms with van der Waals surface area (Å²) >= 11 is 0. The minimum absolute atomic E-state index is 0.0319. The molecule has 1 aromatic carbocycles. The molecule has 1 saturated heterocycles. The molecule has 2 unspecified atom stereocenters. The van der Waals surface area contributed by atoms with Crippen LogP contribution >= 0.6 is 0 Å². The molecule has 1 heterocycles. The lowest BCUT2D eigenvalue weighted by Gasteiger charge is -2.16. The first-order chi connectivity index (χ1) is 31.3. The van der Waals surface area contributed by atoms with E-state index in [1.165, 1.54) is 4.90 Å². The van der Waals surface area contributed by atoms with E-state index in [9.17, 15) is 24.0 Å². The van der Waals surface area contributed by atoms with Gasteiger partial charge in [0.1, 0.15) is 6.04 Å². The second kappa shape index (κ2) is 41.3. The Balaban J connectivity index is 0.00000147. The number of rotatable bonds is 36. The Morgan fingerprint density at radius 3 is 1.54 bits per heavy atom. The second-order valence-corrected chi connectivity index (χ2v) is 15.3.